The molecular formula is C10H10BrN3OS. The van der Waals surface area contributed by atoms with E-state index < -0.39 is 0 Å². The monoisotopic (exact) mass is 299 g/mol. The van der Waals surface area contributed by atoms with Crippen molar-refractivity contribution in [1.29, 1.82) is 0 Å². The zero-order chi connectivity index (χ0) is 11.7. The molecule has 0 saturated heterocycles. The number of rotatable bonds is 2. The van der Waals surface area contributed by atoms with Crippen molar-refractivity contribution in [3.8, 4) is 0 Å². The van der Waals surface area contributed by atoms with Crippen LogP contribution in [0.3, 0.4) is 0 Å². The van der Waals surface area contributed by atoms with Crippen LogP contribution in [0, 0.1) is 13.8 Å². The van der Waals surface area contributed by atoms with Crippen molar-refractivity contribution in [2.45, 2.75) is 20.3 Å². The van der Waals surface area contributed by atoms with Gasteiger partial charge in [0.25, 0.3) is 5.56 Å². The van der Waals surface area contributed by atoms with E-state index in [1.54, 1.807) is 18.3 Å². The minimum Gasteiger partial charge on any atom is -0.309 e. The number of aromatic amines is 1. The highest BCUT2D eigenvalue weighted by molar-refractivity contribution is 9.10. The summed E-state index contributed by atoms with van der Waals surface area (Å²) < 4.78 is 0.491. The molecule has 0 fully saturated rings. The maximum Gasteiger partial charge on any atom is 0.265 e. The molecule has 2 heterocycles. The van der Waals surface area contributed by atoms with Gasteiger partial charge >= 0.3 is 0 Å². The maximum atomic E-state index is 11.5. The molecule has 0 unspecified atom stereocenters. The first-order valence-corrected chi connectivity index (χ1v) is 6.40. The Morgan fingerprint density at radius 2 is 2.19 bits per heavy atom. The van der Waals surface area contributed by atoms with E-state index in [1.807, 2.05) is 12.3 Å². The fraction of sp³-hybridized carbons (Fsp3) is 0.300. The molecule has 84 valence electrons. The van der Waals surface area contributed by atoms with Crippen LogP contribution < -0.4 is 5.56 Å². The zero-order valence-corrected chi connectivity index (χ0v) is 11.3. The van der Waals surface area contributed by atoms with E-state index in [-0.39, 0.29) is 5.56 Å². The second kappa shape index (κ2) is 4.47. The Labute approximate surface area is 105 Å². The van der Waals surface area contributed by atoms with E-state index in [2.05, 4.69) is 30.9 Å². The van der Waals surface area contributed by atoms with Crippen molar-refractivity contribution in [3.05, 3.63) is 42.4 Å². The van der Waals surface area contributed by atoms with Crippen molar-refractivity contribution < 1.29 is 0 Å². The number of hydrogen-bond acceptors (Lipinski definition) is 4. The van der Waals surface area contributed by atoms with Crippen molar-refractivity contribution in [1.82, 2.24) is 15.0 Å². The Balaban J connectivity index is 2.32. The first-order chi connectivity index (χ1) is 7.56. The van der Waals surface area contributed by atoms with Crippen LogP contribution in [0.2, 0.25) is 0 Å². The summed E-state index contributed by atoms with van der Waals surface area (Å²) >= 11 is 4.78. The molecule has 0 aromatic carbocycles. The molecule has 0 saturated carbocycles. The third kappa shape index (κ3) is 2.38. The Bertz CT molecular complexity index is 576. The summed E-state index contributed by atoms with van der Waals surface area (Å²) in [5.74, 6) is 0.649. The number of H-pyrrole nitrogens is 1. The summed E-state index contributed by atoms with van der Waals surface area (Å²) in [6, 6.07) is 0. The molecule has 0 atom stereocenters. The summed E-state index contributed by atoms with van der Waals surface area (Å²) in [5, 5.41) is 3.00. The van der Waals surface area contributed by atoms with Crippen molar-refractivity contribution in [3.63, 3.8) is 0 Å². The Hall–Kier alpha value is -1.01. The van der Waals surface area contributed by atoms with Gasteiger partial charge in [0.05, 0.1) is 16.4 Å². The van der Waals surface area contributed by atoms with Crippen LogP contribution in [0.4, 0.5) is 0 Å². The summed E-state index contributed by atoms with van der Waals surface area (Å²) in [6.45, 7) is 3.76. The number of nitrogens with zero attached hydrogens (tertiary/aromatic N) is 2. The van der Waals surface area contributed by atoms with E-state index in [4.69, 9.17) is 0 Å². The van der Waals surface area contributed by atoms with Crippen LogP contribution in [0.1, 0.15) is 22.2 Å². The normalized spacial score (nSPS) is 10.7. The predicted octanol–water partition coefficient (Wildman–Crippen LogP) is 2.20. The van der Waals surface area contributed by atoms with Gasteiger partial charge in [-0.1, -0.05) is 0 Å². The lowest BCUT2D eigenvalue weighted by molar-refractivity contribution is 0.894. The van der Waals surface area contributed by atoms with Gasteiger partial charge in [0.15, 0.2) is 0 Å². The number of aryl methyl sites for hydroxylation is 2. The lowest BCUT2D eigenvalue weighted by atomic mass is 10.3. The molecule has 0 aliphatic carbocycles. The number of halogens is 1. The fourth-order valence-electron chi connectivity index (χ4n) is 1.37. The Kier molecular flexibility index (Phi) is 3.20. The second-order valence-electron chi connectivity index (χ2n) is 3.45. The molecular weight excluding hydrogens is 290 g/mol. The molecule has 4 nitrogen and oxygen atoms in total. The van der Waals surface area contributed by atoms with Gasteiger partial charge in [-0.3, -0.25) is 4.79 Å². The molecule has 2 aromatic heterocycles. The third-order valence-electron chi connectivity index (χ3n) is 2.09. The lowest BCUT2D eigenvalue weighted by Crippen LogP contribution is -2.14. The largest absolute Gasteiger partial charge is 0.309 e. The van der Waals surface area contributed by atoms with Gasteiger partial charge in [-0.2, -0.15) is 0 Å². The van der Waals surface area contributed by atoms with Crippen LogP contribution in [-0.4, -0.2) is 15.0 Å². The van der Waals surface area contributed by atoms with Crippen LogP contribution in [0.15, 0.2) is 14.6 Å². The molecule has 0 spiro atoms. The lowest BCUT2D eigenvalue weighted by Gasteiger charge is -2.01. The quantitative estimate of drug-likeness (QED) is 0.925. The standard InChI is InChI=1S/C10H10BrN3OS/c1-5-9(11)10(15)14-8(12-5)3-7-4-16-6(2)13-7/h4H,3H2,1-2H3,(H,12,14,15). The summed E-state index contributed by atoms with van der Waals surface area (Å²) in [6.07, 6.45) is 0.563. The van der Waals surface area contributed by atoms with Crippen LogP contribution in [-0.2, 0) is 6.42 Å². The minimum atomic E-state index is -0.144. The zero-order valence-electron chi connectivity index (χ0n) is 8.87. The van der Waals surface area contributed by atoms with Gasteiger partial charge in [0, 0.05) is 11.8 Å². The average Bonchev–Trinajstić information content (AvgIpc) is 2.60. The Morgan fingerprint density at radius 3 is 2.75 bits per heavy atom. The number of aromatic nitrogens is 3. The molecule has 1 N–H and O–H groups in total. The molecule has 2 aromatic rings. The predicted molar refractivity (Wildman–Crippen MR) is 67.0 cm³/mol. The number of hydrogen-bond donors (Lipinski definition) is 1. The van der Waals surface area contributed by atoms with Crippen LogP contribution >= 0.6 is 27.3 Å². The van der Waals surface area contributed by atoms with Crippen molar-refractivity contribution in [2.24, 2.45) is 0 Å². The third-order valence-corrected chi connectivity index (χ3v) is 3.85. The van der Waals surface area contributed by atoms with Gasteiger partial charge < -0.3 is 4.98 Å². The van der Waals surface area contributed by atoms with Gasteiger partial charge in [0.2, 0.25) is 0 Å². The molecule has 0 radical (unpaired) electrons. The first-order valence-electron chi connectivity index (χ1n) is 4.72. The van der Waals surface area contributed by atoms with E-state index in [0.29, 0.717) is 22.4 Å². The summed E-state index contributed by atoms with van der Waals surface area (Å²) in [4.78, 5) is 22.9. The molecule has 6 heteroatoms. The smallest absolute Gasteiger partial charge is 0.265 e. The van der Waals surface area contributed by atoms with E-state index in [0.717, 1.165) is 10.7 Å². The molecule has 0 aliphatic heterocycles. The van der Waals surface area contributed by atoms with Crippen molar-refractivity contribution >= 4 is 27.3 Å². The molecule has 2 rings (SSSR count). The van der Waals surface area contributed by atoms with Crippen LogP contribution in [0.25, 0.3) is 0 Å². The van der Waals surface area contributed by atoms with Gasteiger partial charge in [-0.15, -0.1) is 11.3 Å². The molecule has 0 aliphatic rings. The SMILES string of the molecule is Cc1nc(Cc2nc(C)c(Br)c(=O)[nH]2)cs1. The minimum absolute atomic E-state index is 0.144. The first kappa shape index (κ1) is 11.5. The highest BCUT2D eigenvalue weighted by Gasteiger charge is 2.07. The van der Waals surface area contributed by atoms with E-state index in [1.165, 1.54) is 0 Å². The molecule has 0 bridgehead atoms. The Morgan fingerprint density at radius 1 is 1.44 bits per heavy atom. The fourth-order valence-corrected chi connectivity index (χ4v) is 2.17. The van der Waals surface area contributed by atoms with Gasteiger partial charge in [-0.25, -0.2) is 9.97 Å². The number of nitrogens with one attached hydrogen (secondary N) is 1. The van der Waals surface area contributed by atoms with E-state index >= 15 is 0 Å². The van der Waals surface area contributed by atoms with Crippen LogP contribution in [0.5, 0.6) is 0 Å². The summed E-state index contributed by atoms with van der Waals surface area (Å²) in [5.41, 5.74) is 1.49. The topological polar surface area (TPSA) is 58.6 Å². The van der Waals surface area contributed by atoms with Crippen molar-refractivity contribution in [2.75, 3.05) is 0 Å². The highest BCUT2D eigenvalue weighted by Crippen LogP contribution is 2.12. The van der Waals surface area contributed by atoms with Gasteiger partial charge in [-0.05, 0) is 29.8 Å². The summed E-state index contributed by atoms with van der Waals surface area (Å²) in [7, 11) is 0. The van der Waals surface area contributed by atoms with E-state index in [9.17, 15) is 4.79 Å². The molecule has 16 heavy (non-hydrogen) atoms. The second-order valence-corrected chi connectivity index (χ2v) is 5.30. The highest BCUT2D eigenvalue weighted by atomic mass is 79.9. The van der Waals surface area contributed by atoms with Gasteiger partial charge in [0.1, 0.15) is 10.3 Å². The average molecular weight is 300 g/mol. The molecule has 0 amide bonds. The maximum absolute atomic E-state index is 11.5. The number of thiazole rings is 1.